The molecule has 18 heavy (non-hydrogen) atoms. The van der Waals surface area contributed by atoms with Crippen LogP contribution < -0.4 is 19.7 Å². The summed E-state index contributed by atoms with van der Waals surface area (Å²) in [5.41, 5.74) is 2.38. The van der Waals surface area contributed by atoms with E-state index in [1.807, 2.05) is 12.1 Å². The van der Waals surface area contributed by atoms with Crippen LogP contribution in [0, 0.1) is 0 Å². The minimum absolute atomic E-state index is 0.0986. The van der Waals surface area contributed by atoms with Gasteiger partial charge in [0.15, 0.2) is 11.5 Å². The van der Waals surface area contributed by atoms with Crippen LogP contribution in [0.15, 0.2) is 12.1 Å². The Labute approximate surface area is 109 Å². The van der Waals surface area contributed by atoms with Crippen molar-refractivity contribution in [3.8, 4) is 11.5 Å². The van der Waals surface area contributed by atoms with E-state index in [4.69, 9.17) is 9.47 Å². The lowest BCUT2D eigenvalue weighted by Gasteiger charge is -2.45. The molecular formula is C14H22N2O2. The van der Waals surface area contributed by atoms with Gasteiger partial charge in [-0.15, -0.1) is 0 Å². The predicted octanol–water partition coefficient (Wildman–Crippen LogP) is 2.73. The molecule has 0 radical (unpaired) electrons. The molecule has 0 aliphatic carbocycles. The van der Waals surface area contributed by atoms with Gasteiger partial charge in [0.05, 0.1) is 31.1 Å². The predicted molar refractivity (Wildman–Crippen MR) is 75.1 cm³/mol. The molecule has 0 aromatic heterocycles. The first kappa shape index (κ1) is 12.9. The molecule has 4 nitrogen and oxygen atoms in total. The second-order valence-corrected chi connectivity index (χ2v) is 5.13. The Morgan fingerprint density at radius 2 is 1.83 bits per heavy atom. The molecule has 1 aliphatic heterocycles. The highest BCUT2D eigenvalue weighted by molar-refractivity contribution is 5.78. The minimum Gasteiger partial charge on any atom is -0.493 e. The monoisotopic (exact) mass is 250 g/mol. The molecule has 1 heterocycles. The summed E-state index contributed by atoms with van der Waals surface area (Å²) < 4.78 is 10.7. The van der Waals surface area contributed by atoms with E-state index in [1.54, 1.807) is 14.2 Å². The summed E-state index contributed by atoms with van der Waals surface area (Å²) in [6.45, 7) is 8.54. The molecule has 1 aliphatic rings. The van der Waals surface area contributed by atoms with E-state index in [1.165, 1.54) is 5.69 Å². The summed E-state index contributed by atoms with van der Waals surface area (Å²) in [7, 11) is 3.33. The van der Waals surface area contributed by atoms with E-state index in [9.17, 15) is 0 Å². The van der Waals surface area contributed by atoms with Crippen molar-refractivity contribution < 1.29 is 9.47 Å². The van der Waals surface area contributed by atoms with Crippen LogP contribution in [0.3, 0.4) is 0 Å². The van der Waals surface area contributed by atoms with E-state index >= 15 is 0 Å². The second kappa shape index (κ2) is 4.59. The first-order valence-corrected chi connectivity index (χ1v) is 6.31. The van der Waals surface area contributed by atoms with Gasteiger partial charge in [-0.25, -0.2) is 0 Å². The first-order chi connectivity index (χ1) is 8.53. The van der Waals surface area contributed by atoms with E-state index in [-0.39, 0.29) is 5.54 Å². The molecule has 1 aromatic rings. The lowest BCUT2D eigenvalue weighted by atomic mass is 9.97. The van der Waals surface area contributed by atoms with Crippen LogP contribution in [0.25, 0.3) is 0 Å². The van der Waals surface area contributed by atoms with Crippen molar-refractivity contribution >= 4 is 11.4 Å². The SMILES string of the molecule is CCN1c2cc(OC)c(OC)cc2NCC1(C)C. The molecule has 1 N–H and O–H groups in total. The molecule has 0 unspecified atom stereocenters. The Morgan fingerprint density at radius 1 is 1.22 bits per heavy atom. The van der Waals surface area contributed by atoms with Crippen molar-refractivity contribution in [1.29, 1.82) is 0 Å². The number of fused-ring (bicyclic) bond motifs is 1. The van der Waals surface area contributed by atoms with E-state index in [0.29, 0.717) is 0 Å². The molecule has 0 amide bonds. The van der Waals surface area contributed by atoms with Crippen molar-refractivity contribution in [1.82, 2.24) is 0 Å². The Balaban J connectivity index is 2.52. The van der Waals surface area contributed by atoms with Gasteiger partial charge in [0.2, 0.25) is 0 Å². The molecule has 100 valence electrons. The highest BCUT2D eigenvalue weighted by atomic mass is 16.5. The first-order valence-electron chi connectivity index (χ1n) is 6.31. The average molecular weight is 250 g/mol. The van der Waals surface area contributed by atoms with E-state index < -0.39 is 0 Å². The van der Waals surface area contributed by atoms with E-state index in [0.717, 1.165) is 30.3 Å². The van der Waals surface area contributed by atoms with Crippen molar-refractivity contribution in [2.24, 2.45) is 0 Å². The summed E-state index contributed by atoms with van der Waals surface area (Å²) in [5.74, 6) is 1.54. The topological polar surface area (TPSA) is 33.7 Å². The van der Waals surface area contributed by atoms with Crippen LogP contribution in [0.5, 0.6) is 11.5 Å². The quantitative estimate of drug-likeness (QED) is 0.894. The average Bonchev–Trinajstić information content (AvgIpc) is 2.36. The van der Waals surface area contributed by atoms with Gasteiger partial charge in [0.25, 0.3) is 0 Å². The third kappa shape index (κ3) is 1.96. The summed E-state index contributed by atoms with van der Waals surface area (Å²) in [6.07, 6.45) is 0. The number of methoxy groups -OCH3 is 2. The molecule has 1 aromatic carbocycles. The lowest BCUT2D eigenvalue weighted by molar-refractivity contribution is 0.354. The fraction of sp³-hybridized carbons (Fsp3) is 0.571. The van der Waals surface area contributed by atoms with Gasteiger partial charge in [0, 0.05) is 25.2 Å². The third-order valence-electron chi connectivity index (χ3n) is 3.55. The Bertz CT molecular complexity index is 444. The number of hydrogen-bond acceptors (Lipinski definition) is 4. The number of hydrogen-bond donors (Lipinski definition) is 1. The zero-order valence-electron chi connectivity index (χ0n) is 11.8. The van der Waals surface area contributed by atoms with Crippen molar-refractivity contribution in [3.63, 3.8) is 0 Å². The van der Waals surface area contributed by atoms with Crippen LogP contribution in [0.1, 0.15) is 20.8 Å². The number of nitrogens with zero attached hydrogens (tertiary/aromatic N) is 1. The van der Waals surface area contributed by atoms with Gasteiger partial charge >= 0.3 is 0 Å². The third-order valence-corrected chi connectivity index (χ3v) is 3.55. The molecular weight excluding hydrogens is 228 g/mol. The maximum Gasteiger partial charge on any atom is 0.162 e. The van der Waals surface area contributed by atoms with Gasteiger partial charge in [-0.3, -0.25) is 0 Å². The maximum atomic E-state index is 5.38. The normalized spacial score (nSPS) is 16.8. The van der Waals surface area contributed by atoms with Crippen molar-refractivity contribution in [3.05, 3.63) is 12.1 Å². The van der Waals surface area contributed by atoms with Gasteiger partial charge in [0.1, 0.15) is 0 Å². The van der Waals surface area contributed by atoms with Gasteiger partial charge in [-0.05, 0) is 20.8 Å². The summed E-state index contributed by atoms with van der Waals surface area (Å²) in [4.78, 5) is 2.39. The summed E-state index contributed by atoms with van der Waals surface area (Å²) >= 11 is 0. The number of nitrogens with one attached hydrogen (secondary N) is 1. The van der Waals surface area contributed by atoms with Gasteiger partial charge in [-0.1, -0.05) is 0 Å². The van der Waals surface area contributed by atoms with Crippen LogP contribution in [-0.4, -0.2) is 32.8 Å². The maximum absolute atomic E-state index is 5.38. The molecule has 0 spiro atoms. The van der Waals surface area contributed by atoms with Crippen LogP contribution in [0.2, 0.25) is 0 Å². The van der Waals surface area contributed by atoms with Gasteiger partial charge in [-0.2, -0.15) is 0 Å². The Morgan fingerprint density at radius 3 is 2.39 bits per heavy atom. The summed E-state index contributed by atoms with van der Waals surface area (Å²) in [5, 5.41) is 3.47. The molecule has 0 fully saturated rings. The molecule has 2 rings (SSSR count). The van der Waals surface area contributed by atoms with Crippen LogP contribution in [0.4, 0.5) is 11.4 Å². The highest BCUT2D eigenvalue weighted by Crippen LogP contribution is 2.42. The minimum atomic E-state index is 0.0986. The number of ether oxygens (including phenoxy) is 2. The van der Waals surface area contributed by atoms with Crippen molar-refractivity contribution in [2.75, 3.05) is 37.5 Å². The second-order valence-electron chi connectivity index (χ2n) is 5.13. The fourth-order valence-electron chi connectivity index (χ4n) is 2.56. The number of anilines is 2. The summed E-state index contributed by atoms with van der Waals surface area (Å²) in [6, 6.07) is 4.05. The highest BCUT2D eigenvalue weighted by Gasteiger charge is 2.32. The zero-order valence-corrected chi connectivity index (χ0v) is 11.8. The fourth-order valence-corrected chi connectivity index (χ4v) is 2.56. The largest absolute Gasteiger partial charge is 0.493 e. The van der Waals surface area contributed by atoms with Crippen LogP contribution in [-0.2, 0) is 0 Å². The Hall–Kier alpha value is -1.58. The molecule has 0 saturated heterocycles. The standard InChI is InChI=1S/C14H22N2O2/c1-6-16-11-8-13(18-5)12(17-4)7-10(11)15-9-14(16,2)3/h7-8,15H,6,9H2,1-5H3. The number of likely N-dealkylation sites (N-methyl/N-ethyl adjacent to an activating group) is 1. The molecule has 4 heteroatoms. The Kier molecular flexibility index (Phi) is 3.28. The smallest absolute Gasteiger partial charge is 0.162 e. The van der Waals surface area contributed by atoms with Gasteiger partial charge < -0.3 is 19.7 Å². The zero-order chi connectivity index (χ0) is 13.3. The van der Waals surface area contributed by atoms with Crippen molar-refractivity contribution in [2.45, 2.75) is 26.3 Å². The van der Waals surface area contributed by atoms with Crippen LogP contribution >= 0.6 is 0 Å². The number of rotatable bonds is 3. The molecule has 0 atom stereocenters. The molecule has 0 saturated carbocycles. The lowest BCUT2D eigenvalue weighted by Crippen LogP contribution is -2.52. The van der Waals surface area contributed by atoms with E-state index in [2.05, 4.69) is 31.0 Å². The molecule has 0 bridgehead atoms. The number of benzene rings is 1.